The molecule has 0 radical (unpaired) electrons. The maximum absolute atomic E-state index is 12.1. The topological polar surface area (TPSA) is 63.2 Å². The van der Waals surface area contributed by atoms with Gasteiger partial charge in [0.05, 0.1) is 4.90 Å². The molecular formula is C13H12BrNO3S2. The second-order valence-corrected chi connectivity index (χ2v) is 7.72. The highest BCUT2D eigenvalue weighted by Crippen LogP contribution is 2.23. The Morgan fingerprint density at radius 1 is 1.25 bits per heavy atom. The van der Waals surface area contributed by atoms with Gasteiger partial charge in [0.15, 0.2) is 5.78 Å². The summed E-state index contributed by atoms with van der Waals surface area (Å²) < 4.78 is 27.6. The van der Waals surface area contributed by atoms with Crippen molar-refractivity contribution in [2.45, 2.75) is 18.4 Å². The standard InChI is InChI=1S/C13H12BrNO3S2/c1-9(16)10-2-4-11(5-3-10)20(17,18)15-8-13-12(14)6-7-19-13/h2-7,15H,8H2,1H3. The first kappa shape index (κ1) is 15.4. The number of Topliss-reactive ketones (excluding diaryl/α,β-unsaturated/α-hetero) is 1. The van der Waals surface area contributed by atoms with Crippen LogP contribution in [0.5, 0.6) is 0 Å². The van der Waals surface area contributed by atoms with E-state index < -0.39 is 10.0 Å². The van der Waals surface area contributed by atoms with Gasteiger partial charge in [-0.25, -0.2) is 13.1 Å². The molecule has 0 saturated carbocycles. The quantitative estimate of drug-likeness (QED) is 0.818. The van der Waals surface area contributed by atoms with Crippen LogP contribution in [0.15, 0.2) is 45.1 Å². The lowest BCUT2D eigenvalue weighted by Crippen LogP contribution is -2.23. The van der Waals surface area contributed by atoms with Crippen molar-refractivity contribution < 1.29 is 13.2 Å². The van der Waals surface area contributed by atoms with Crippen LogP contribution in [-0.2, 0) is 16.6 Å². The third-order valence-corrected chi connectivity index (χ3v) is 6.03. The summed E-state index contributed by atoms with van der Waals surface area (Å²) in [6.07, 6.45) is 0. The number of rotatable bonds is 5. The van der Waals surface area contributed by atoms with Gasteiger partial charge in [0.2, 0.25) is 10.0 Å². The van der Waals surface area contributed by atoms with Crippen LogP contribution in [0, 0.1) is 0 Å². The Kier molecular flexibility index (Phi) is 4.74. The van der Waals surface area contributed by atoms with Crippen molar-refractivity contribution in [3.63, 3.8) is 0 Å². The number of carbonyl (C=O) groups excluding carboxylic acids is 1. The number of carbonyl (C=O) groups is 1. The van der Waals surface area contributed by atoms with Crippen molar-refractivity contribution in [3.8, 4) is 0 Å². The molecule has 1 aromatic carbocycles. The first-order valence-corrected chi connectivity index (χ1v) is 8.88. The minimum absolute atomic E-state index is 0.0931. The van der Waals surface area contributed by atoms with Crippen molar-refractivity contribution in [2.24, 2.45) is 0 Å². The number of ketones is 1. The monoisotopic (exact) mass is 373 g/mol. The highest BCUT2D eigenvalue weighted by molar-refractivity contribution is 9.10. The predicted molar refractivity (Wildman–Crippen MR) is 82.5 cm³/mol. The van der Waals surface area contributed by atoms with Gasteiger partial charge in [-0.05, 0) is 46.4 Å². The summed E-state index contributed by atoms with van der Waals surface area (Å²) >= 11 is 4.83. The van der Waals surface area contributed by atoms with Crippen molar-refractivity contribution in [1.82, 2.24) is 4.72 Å². The van der Waals surface area contributed by atoms with Crippen LogP contribution in [0.3, 0.4) is 0 Å². The van der Waals surface area contributed by atoms with Gasteiger partial charge in [0.1, 0.15) is 0 Å². The van der Waals surface area contributed by atoms with Gasteiger partial charge in [-0.2, -0.15) is 0 Å². The van der Waals surface area contributed by atoms with E-state index in [2.05, 4.69) is 20.7 Å². The lowest BCUT2D eigenvalue weighted by Gasteiger charge is -2.06. The maximum atomic E-state index is 12.1. The molecule has 0 aliphatic rings. The third kappa shape index (κ3) is 3.54. The summed E-state index contributed by atoms with van der Waals surface area (Å²) in [5.74, 6) is -0.0931. The number of nitrogens with one attached hydrogen (secondary N) is 1. The van der Waals surface area contributed by atoms with Gasteiger partial charge in [0, 0.05) is 21.5 Å². The minimum Gasteiger partial charge on any atom is -0.295 e. The average molecular weight is 374 g/mol. The molecule has 0 atom stereocenters. The van der Waals surface area contributed by atoms with E-state index in [0.717, 1.165) is 9.35 Å². The molecule has 0 aliphatic heterocycles. The molecule has 20 heavy (non-hydrogen) atoms. The van der Waals surface area contributed by atoms with Crippen LogP contribution < -0.4 is 4.72 Å². The van der Waals surface area contributed by atoms with Gasteiger partial charge in [-0.15, -0.1) is 11.3 Å². The van der Waals surface area contributed by atoms with Crippen molar-refractivity contribution in [2.75, 3.05) is 0 Å². The molecule has 0 aliphatic carbocycles. The highest BCUT2D eigenvalue weighted by atomic mass is 79.9. The van der Waals surface area contributed by atoms with Gasteiger partial charge in [0.25, 0.3) is 0 Å². The van der Waals surface area contributed by atoms with Crippen LogP contribution in [0.2, 0.25) is 0 Å². The Bertz CT molecular complexity index is 720. The summed E-state index contributed by atoms with van der Waals surface area (Å²) in [5, 5.41) is 1.88. The normalized spacial score (nSPS) is 11.5. The number of hydrogen-bond donors (Lipinski definition) is 1. The summed E-state index contributed by atoms with van der Waals surface area (Å²) in [7, 11) is -3.57. The van der Waals surface area contributed by atoms with E-state index in [-0.39, 0.29) is 17.2 Å². The van der Waals surface area contributed by atoms with Crippen LogP contribution in [-0.4, -0.2) is 14.2 Å². The van der Waals surface area contributed by atoms with Crippen LogP contribution >= 0.6 is 27.3 Å². The van der Waals surface area contributed by atoms with Crippen molar-refractivity contribution >= 4 is 43.1 Å². The molecule has 4 nitrogen and oxygen atoms in total. The number of halogens is 1. The summed E-state index contributed by atoms with van der Waals surface area (Å²) in [5.41, 5.74) is 0.491. The summed E-state index contributed by atoms with van der Waals surface area (Å²) in [6, 6.07) is 7.76. The Balaban J connectivity index is 2.14. The van der Waals surface area contributed by atoms with Gasteiger partial charge in [-0.1, -0.05) is 12.1 Å². The van der Waals surface area contributed by atoms with E-state index in [9.17, 15) is 13.2 Å². The molecule has 0 unspecified atom stereocenters. The predicted octanol–water partition coefficient (Wildman–Crippen LogP) is 3.19. The molecule has 0 amide bonds. The van der Waals surface area contributed by atoms with Gasteiger partial charge < -0.3 is 0 Å². The number of thiophene rings is 1. The van der Waals surface area contributed by atoms with Gasteiger partial charge >= 0.3 is 0 Å². The molecule has 1 heterocycles. The Morgan fingerprint density at radius 3 is 2.40 bits per heavy atom. The maximum Gasteiger partial charge on any atom is 0.240 e. The molecule has 0 spiro atoms. The molecular weight excluding hydrogens is 362 g/mol. The lowest BCUT2D eigenvalue weighted by atomic mass is 10.2. The largest absolute Gasteiger partial charge is 0.295 e. The second kappa shape index (κ2) is 6.17. The van der Waals surface area contributed by atoms with E-state index in [1.807, 2.05) is 11.4 Å². The highest BCUT2D eigenvalue weighted by Gasteiger charge is 2.15. The number of benzene rings is 1. The second-order valence-electron chi connectivity index (χ2n) is 4.10. The molecule has 0 bridgehead atoms. The van der Waals surface area contributed by atoms with Crippen LogP contribution in [0.4, 0.5) is 0 Å². The third-order valence-electron chi connectivity index (χ3n) is 2.68. The minimum atomic E-state index is -3.57. The summed E-state index contributed by atoms with van der Waals surface area (Å²) in [6.45, 7) is 1.67. The van der Waals surface area contributed by atoms with Crippen LogP contribution in [0.1, 0.15) is 22.2 Å². The molecule has 2 aromatic rings. The Labute approximate surface area is 130 Å². The van der Waals surface area contributed by atoms with Crippen molar-refractivity contribution in [1.29, 1.82) is 0 Å². The van der Waals surface area contributed by atoms with Gasteiger partial charge in [-0.3, -0.25) is 4.79 Å². The van der Waals surface area contributed by atoms with E-state index in [1.54, 1.807) is 0 Å². The molecule has 1 aromatic heterocycles. The summed E-state index contributed by atoms with van der Waals surface area (Å²) in [4.78, 5) is 12.2. The molecule has 1 N–H and O–H groups in total. The molecule has 106 valence electrons. The van der Waals surface area contributed by atoms with Crippen LogP contribution in [0.25, 0.3) is 0 Å². The van der Waals surface area contributed by atoms with E-state index >= 15 is 0 Å². The van der Waals surface area contributed by atoms with Crippen molar-refractivity contribution in [3.05, 3.63) is 50.6 Å². The smallest absolute Gasteiger partial charge is 0.240 e. The fraction of sp³-hybridized carbons (Fsp3) is 0.154. The fourth-order valence-electron chi connectivity index (χ4n) is 1.56. The zero-order chi connectivity index (χ0) is 14.8. The molecule has 0 fully saturated rings. The first-order chi connectivity index (χ1) is 9.40. The van der Waals surface area contributed by atoms with E-state index in [0.29, 0.717) is 5.56 Å². The van der Waals surface area contributed by atoms with E-state index in [1.165, 1.54) is 42.5 Å². The lowest BCUT2D eigenvalue weighted by molar-refractivity contribution is 0.101. The Hall–Kier alpha value is -1.02. The number of sulfonamides is 1. The first-order valence-electron chi connectivity index (χ1n) is 5.72. The average Bonchev–Trinajstić information content (AvgIpc) is 2.82. The van der Waals surface area contributed by atoms with E-state index in [4.69, 9.17) is 0 Å². The zero-order valence-corrected chi connectivity index (χ0v) is 13.8. The number of hydrogen-bond acceptors (Lipinski definition) is 4. The molecule has 2 rings (SSSR count). The SMILES string of the molecule is CC(=O)c1ccc(S(=O)(=O)NCc2sccc2Br)cc1. The molecule has 0 saturated heterocycles. The molecule has 7 heteroatoms. The zero-order valence-electron chi connectivity index (χ0n) is 10.6. The Morgan fingerprint density at radius 2 is 1.90 bits per heavy atom. The fourth-order valence-corrected chi connectivity index (χ4v) is 4.08.